The summed E-state index contributed by atoms with van der Waals surface area (Å²) >= 11 is 0. The highest BCUT2D eigenvalue weighted by Crippen LogP contribution is 2.18. The molecule has 3 rings (SSSR count). The standard InChI is InChI=1S/C19H24N4O3/c1-13(2)25-17-5-4-15(12-20-17)18(24)23-8-6-16(7-9-23)26-19-21-10-14(3)11-22-19/h4-5,10-13,16H,6-9H2,1-3H3. The van der Waals surface area contributed by atoms with Crippen LogP contribution in [0, 0.1) is 6.92 Å². The summed E-state index contributed by atoms with van der Waals surface area (Å²) in [6, 6.07) is 3.89. The maximum absolute atomic E-state index is 12.6. The molecule has 0 spiro atoms. The molecule has 138 valence electrons. The number of aromatic nitrogens is 3. The van der Waals surface area contributed by atoms with Crippen molar-refractivity contribution in [3.63, 3.8) is 0 Å². The first-order chi connectivity index (χ1) is 12.5. The second-order valence-corrected chi connectivity index (χ2v) is 6.70. The number of piperidine rings is 1. The van der Waals surface area contributed by atoms with Crippen molar-refractivity contribution in [2.24, 2.45) is 0 Å². The molecule has 1 saturated heterocycles. The van der Waals surface area contributed by atoms with Crippen LogP contribution in [0.2, 0.25) is 0 Å². The average molecular weight is 356 g/mol. The number of amides is 1. The zero-order chi connectivity index (χ0) is 18.5. The van der Waals surface area contributed by atoms with Crippen LogP contribution in [0.15, 0.2) is 30.7 Å². The monoisotopic (exact) mass is 356 g/mol. The minimum absolute atomic E-state index is 0.0152. The Labute approximate surface area is 153 Å². The van der Waals surface area contributed by atoms with Crippen LogP contribution in [0.25, 0.3) is 0 Å². The lowest BCUT2D eigenvalue weighted by Gasteiger charge is -2.31. The van der Waals surface area contributed by atoms with E-state index in [-0.39, 0.29) is 18.1 Å². The van der Waals surface area contributed by atoms with Crippen LogP contribution < -0.4 is 9.47 Å². The minimum atomic E-state index is -0.0152. The molecular formula is C19H24N4O3. The average Bonchev–Trinajstić information content (AvgIpc) is 2.64. The summed E-state index contributed by atoms with van der Waals surface area (Å²) < 4.78 is 11.3. The highest BCUT2D eigenvalue weighted by Gasteiger charge is 2.25. The summed E-state index contributed by atoms with van der Waals surface area (Å²) in [6.07, 6.45) is 6.64. The zero-order valence-electron chi connectivity index (χ0n) is 15.4. The van der Waals surface area contributed by atoms with Gasteiger partial charge in [0.1, 0.15) is 6.10 Å². The predicted molar refractivity (Wildman–Crippen MR) is 96.3 cm³/mol. The van der Waals surface area contributed by atoms with Crippen LogP contribution >= 0.6 is 0 Å². The number of aryl methyl sites for hydroxylation is 1. The van der Waals surface area contributed by atoms with E-state index in [1.54, 1.807) is 30.7 Å². The van der Waals surface area contributed by atoms with E-state index in [4.69, 9.17) is 9.47 Å². The van der Waals surface area contributed by atoms with Gasteiger partial charge in [0.2, 0.25) is 5.88 Å². The van der Waals surface area contributed by atoms with Crippen molar-refractivity contribution >= 4 is 5.91 Å². The van der Waals surface area contributed by atoms with E-state index in [1.807, 2.05) is 25.7 Å². The van der Waals surface area contributed by atoms with Crippen LogP contribution in [-0.2, 0) is 0 Å². The molecule has 1 aliphatic rings. The summed E-state index contributed by atoms with van der Waals surface area (Å²) in [5.41, 5.74) is 1.57. The maximum atomic E-state index is 12.6. The third-order valence-electron chi connectivity index (χ3n) is 4.10. The van der Waals surface area contributed by atoms with Crippen LogP contribution in [-0.4, -0.2) is 51.1 Å². The molecule has 1 aliphatic heterocycles. The second-order valence-electron chi connectivity index (χ2n) is 6.70. The Balaban J connectivity index is 1.52. The van der Waals surface area contributed by atoms with Crippen molar-refractivity contribution in [3.8, 4) is 11.9 Å². The molecule has 0 saturated carbocycles. The first kappa shape index (κ1) is 18.1. The fourth-order valence-corrected chi connectivity index (χ4v) is 2.77. The Morgan fingerprint density at radius 3 is 2.38 bits per heavy atom. The normalized spacial score (nSPS) is 15.2. The van der Waals surface area contributed by atoms with Crippen LogP contribution in [0.1, 0.15) is 42.6 Å². The van der Waals surface area contributed by atoms with E-state index in [2.05, 4.69) is 15.0 Å². The van der Waals surface area contributed by atoms with Crippen molar-refractivity contribution in [3.05, 3.63) is 41.9 Å². The third kappa shape index (κ3) is 4.68. The molecule has 3 heterocycles. The van der Waals surface area contributed by atoms with Gasteiger partial charge < -0.3 is 14.4 Å². The van der Waals surface area contributed by atoms with Gasteiger partial charge in [0, 0.05) is 50.6 Å². The first-order valence-electron chi connectivity index (χ1n) is 8.88. The van der Waals surface area contributed by atoms with Gasteiger partial charge in [-0.15, -0.1) is 0 Å². The lowest BCUT2D eigenvalue weighted by molar-refractivity contribution is 0.0578. The van der Waals surface area contributed by atoms with E-state index in [9.17, 15) is 4.79 Å². The summed E-state index contributed by atoms with van der Waals surface area (Å²) in [5, 5.41) is 0. The molecule has 0 radical (unpaired) electrons. The Kier molecular flexibility index (Phi) is 5.65. The van der Waals surface area contributed by atoms with Crippen LogP contribution in [0.4, 0.5) is 0 Å². The van der Waals surface area contributed by atoms with Crippen LogP contribution in [0.5, 0.6) is 11.9 Å². The molecule has 7 nitrogen and oxygen atoms in total. The smallest absolute Gasteiger partial charge is 0.316 e. The largest absolute Gasteiger partial charge is 0.475 e. The summed E-state index contributed by atoms with van der Waals surface area (Å²) in [4.78, 5) is 27.0. The molecule has 0 aromatic carbocycles. The predicted octanol–water partition coefficient (Wildman–Crippen LogP) is 2.65. The van der Waals surface area contributed by atoms with E-state index in [1.165, 1.54) is 0 Å². The van der Waals surface area contributed by atoms with Gasteiger partial charge in [-0.1, -0.05) is 0 Å². The van der Waals surface area contributed by atoms with Crippen molar-refractivity contribution in [2.45, 2.75) is 45.8 Å². The molecule has 0 bridgehead atoms. The van der Waals surface area contributed by atoms with Crippen molar-refractivity contribution in [1.82, 2.24) is 19.9 Å². The van der Waals surface area contributed by atoms with Gasteiger partial charge in [0.05, 0.1) is 11.7 Å². The number of hydrogen-bond acceptors (Lipinski definition) is 6. The maximum Gasteiger partial charge on any atom is 0.316 e. The molecule has 0 atom stereocenters. The lowest BCUT2D eigenvalue weighted by atomic mass is 10.1. The summed E-state index contributed by atoms with van der Waals surface area (Å²) in [7, 11) is 0. The third-order valence-corrected chi connectivity index (χ3v) is 4.10. The van der Waals surface area contributed by atoms with Gasteiger partial charge >= 0.3 is 6.01 Å². The van der Waals surface area contributed by atoms with E-state index < -0.39 is 0 Å². The van der Waals surface area contributed by atoms with Gasteiger partial charge in [-0.3, -0.25) is 4.79 Å². The topological polar surface area (TPSA) is 77.4 Å². The molecule has 26 heavy (non-hydrogen) atoms. The number of pyridine rings is 1. The van der Waals surface area contributed by atoms with Crippen molar-refractivity contribution < 1.29 is 14.3 Å². The minimum Gasteiger partial charge on any atom is -0.475 e. The SMILES string of the molecule is Cc1cnc(OC2CCN(C(=O)c3ccc(OC(C)C)nc3)CC2)nc1. The number of likely N-dealkylation sites (tertiary alicyclic amines) is 1. The number of hydrogen-bond donors (Lipinski definition) is 0. The summed E-state index contributed by atoms with van der Waals surface area (Å²) in [6.45, 7) is 7.09. The van der Waals surface area contributed by atoms with Gasteiger partial charge in [-0.25, -0.2) is 15.0 Å². The molecule has 0 aliphatic carbocycles. The molecule has 2 aromatic rings. The molecule has 1 fully saturated rings. The van der Waals surface area contributed by atoms with E-state index in [0.717, 1.165) is 18.4 Å². The second kappa shape index (κ2) is 8.12. The Morgan fingerprint density at radius 1 is 1.12 bits per heavy atom. The number of carbonyl (C=O) groups excluding carboxylic acids is 1. The fourth-order valence-electron chi connectivity index (χ4n) is 2.77. The molecule has 2 aromatic heterocycles. The lowest BCUT2D eigenvalue weighted by Crippen LogP contribution is -2.42. The van der Waals surface area contributed by atoms with E-state index in [0.29, 0.717) is 30.5 Å². The molecule has 0 unspecified atom stereocenters. The molecular weight excluding hydrogens is 332 g/mol. The molecule has 1 amide bonds. The van der Waals surface area contributed by atoms with Gasteiger partial charge in [-0.05, 0) is 32.4 Å². The molecule has 0 N–H and O–H groups in total. The summed E-state index contributed by atoms with van der Waals surface area (Å²) in [5.74, 6) is 0.514. The quantitative estimate of drug-likeness (QED) is 0.820. The van der Waals surface area contributed by atoms with Crippen molar-refractivity contribution in [1.29, 1.82) is 0 Å². The van der Waals surface area contributed by atoms with Crippen molar-refractivity contribution in [2.75, 3.05) is 13.1 Å². The Bertz CT molecular complexity index is 723. The fraction of sp³-hybridized carbons (Fsp3) is 0.474. The number of ether oxygens (including phenoxy) is 2. The highest BCUT2D eigenvalue weighted by atomic mass is 16.5. The van der Waals surface area contributed by atoms with Gasteiger partial charge in [-0.2, -0.15) is 0 Å². The highest BCUT2D eigenvalue weighted by molar-refractivity contribution is 5.94. The molecule has 7 heteroatoms. The van der Waals surface area contributed by atoms with Crippen LogP contribution in [0.3, 0.4) is 0 Å². The van der Waals surface area contributed by atoms with Gasteiger partial charge in [0.15, 0.2) is 0 Å². The van der Waals surface area contributed by atoms with Gasteiger partial charge in [0.25, 0.3) is 5.91 Å². The first-order valence-corrected chi connectivity index (χ1v) is 8.88. The Hall–Kier alpha value is -2.70. The number of carbonyl (C=O) groups is 1. The van der Waals surface area contributed by atoms with E-state index >= 15 is 0 Å². The number of nitrogens with zero attached hydrogens (tertiary/aromatic N) is 4. The zero-order valence-corrected chi connectivity index (χ0v) is 15.4. The Morgan fingerprint density at radius 2 is 1.81 bits per heavy atom. The number of rotatable bonds is 5.